The molecule has 0 spiro atoms. The van der Waals surface area contributed by atoms with Crippen molar-refractivity contribution < 1.29 is 14.7 Å². The van der Waals surface area contributed by atoms with Crippen LogP contribution in [0.15, 0.2) is 16.6 Å². The van der Waals surface area contributed by atoms with E-state index in [9.17, 15) is 9.59 Å². The SMILES string of the molecule is N#Cc1cc(C(=O)O)cc(Br)c1C=O. The maximum atomic E-state index is 10.6. The van der Waals surface area contributed by atoms with E-state index in [1.165, 1.54) is 6.07 Å². The van der Waals surface area contributed by atoms with Gasteiger partial charge in [0.05, 0.1) is 17.2 Å². The van der Waals surface area contributed by atoms with Crippen molar-refractivity contribution >= 4 is 28.2 Å². The van der Waals surface area contributed by atoms with Crippen LogP contribution >= 0.6 is 15.9 Å². The molecular weight excluding hydrogens is 250 g/mol. The van der Waals surface area contributed by atoms with Crippen molar-refractivity contribution in [3.05, 3.63) is 33.3 Å². The Morgan fingerprint density at radius 2 is 2.21 bits per heavy atom. The Kier molecular flexibility index (Phi) is 2.99. The fourth-order valence-electron chi connectivity index (χ4n) is 0.954. The van der Waals surface area contributed by atoms with Gasteiger partial charge in [-0.25, -0.2) is 4.79 Å². The number of carbonyl (C=O) groups excluding carboxylic acids is 1. The van der Waals surface area contributed by atoms with Crippen molar-refractivity contribution in [2.45, 2.75) is 0 Å². The maximum Gasteiger partial charge on any atom is 0.335 e. The first-order chi connectivity index (χ1) is 6.60. The molecule has 1 N–H and O–H groups in total. The summed E-state index contributed by atoms with van der Waals surface area (Å²) in [5.74, 6) is -1.14. The standard InChI is InChI=1S/C9H4BrNO3/c10-8-2-5(9(13)14)1-6(3-11)7(8)4-12/h1-2,4H,(H,13,14). The molecule has 0 fully saturated rings. The van der Waals surface area contributed by atoms with Gasteiger partial charge < -0.3 is 5.11 Å². The van der Waals surface area contributed by atoms with Gasteiger partial charge in [0.1, 0.15) is 0 Å². The van der Waals surface area contributed by atoms with Gasteiger partial charge in [0, 0.05) is 10.0 Å². The maximum absolute atomic E-state index is 10.6. The zero-order chi connectivity index (χ0) is 10.7. The highest BCUT2D eigenvalue weighted by atomic mass is 79.9. The fourth-order valence-corrected chi connectivity index (χ4v) is 1.51. The summed E-state index contributed by atoms with van der Waals surface area (Å²) in [6, 6.07) is 4.21. The first-order valence-electron chi connectivity index (χ1n) is 3.52. The van der Waals surface area contributed by atoms with Gasteiger partial charge in [-0.1, -0.05) is 0 Å². The number of hydrogen-bond donors (Lipinski definition) is 1. The number of carboxylic acid groups (broad SMARTS) is 1. The monoisotopic (exact) mass is 253 g/mol. The number of halogens is 1. The number of benzene rings is 1. The van der Waals surface area contributed by atoms with Crippen molar-refractivity contribution in [1.82, 2.24) is 0 Å². The van der Waals surface area contributed by atoms with E-state index in [1.807, 2.05) is 0 Å². The molecule has 1 rings (SSSR count). The topological polar surface area (TPSA) is 78.2 Å². The van der Waals surface area contributed by atoms with Gasteiger partial charge in [-0.2, -0.15) is 5.26 Å². The Bertz CT molecular complexity index is 448. The second-order valence-corrected chi connectivity index (χ2v) is 3.31. The van der Waals surface area contributed by atoms with E-state index < -0.39 is 5.97 Å². The number of aromatic carboxylic acids is 1. The second kappa shape index (κ2) is 4.03. The molecule has 0 bridgehead atoms. The van der Waals surface area contributed by atoms with Crippen LogP contribution in [0, 0.1) is 11.3 Å². The van der Waals surface area contributed by atoms with Crippen LogP contribution in [0.1, 0.15) is 26.3 Å². The lowest BCUT2D eigenvalue weighted by Gasteiger charge is -2.01. The average Bonchev–Trinajstić information content (AvgIpc) is 2.16. The van der Waals surface area contributed by atoms with E-state index in [2.05, 4.69) is 15.9 Å². The van der Waals surface area contributed by atoms with Crippen molar-refractivity contribution in [3.63, 3.8) is 0 Å². The van der Waals surface area contributed by atoms with Crippen molar-refractivity contribution in [2.24, 2.45) is 0 Å². The molecule has 0 aliphatic rings. The van der Waals surface area contributed by atoms with Gasteiger partial charge in [0.25, 0.3) is 0 Å². The van der Waals surface area contributed by atoms with Gasteiger partial charge in [0.15, 0.2) is 6.29 Å². The minimum absolute atomic E-state index is 0.0287. The van der Waals surface area contributed by atoms with Crippen molar-refractivity contribution in [1.29, 1.82) is 5.26 Å². The first-order valence-corrected chi connectivity index (χ1v) is 4.31. The Balaban J connectivity index is 3.48. The average molecular weight is 254 g/mol. The van der Waals surface area contributed by atoms with Crippen LogP contribution in [-0.2, 0) is 0 Å². The third-order valence-electron chi connectivity index (χ3n) is 1.61. The Morgan fingerprint density at radius 3 is 2.64 bits per heavy atom. The zero-order valence-corrected chi connectivity index (χ0v) is 8.41. The molecule has 0 aliphatic heterocycles. The molecule has 0 atom stereocenters. The van der Waals surface area contributed by atoms with E-state index in [1.54, 1.807) is 6.07 Å². The van der Waals surface area contributed by atoms with E-state index >= 15 is 0 Å². The molecule has 0 radical (unpaired) electrons. The summed E-state index contributed by atoms with van der Waals surface area (Å²) in [6.45, 7) is 0. The summed E-state index contributed by atoms with van der Waals surface area (Å²) in [6.07, 6.45) is 0.508. The Labute approximate surface area is 87.9 Å². The quantitative estimate of drug-likeness (QED) is 0.816. The van der Waals surface area contributed by atoms with Gasteiger partial charge in [0.2, 0.25) is 0 Å². The third kappa shape index (κ3) is 1.80. The second-order valence-electron chi connectivity index (χ2n) is 2.45. The number of aldehydes is 1. The van der Waals surface area contributed by atoms with Crippen LogP contribution < -0.4 is 0 Å². The molecule has 0 heterocycles. The summed E-state index contributed by atoms with van der Waals surface area (Å²) in [4.78, 5) is 21.2. The van der Waals surface area contributed by atoms with E-state index in [0.717, 1.165) is 6.07 Å². The van der Waals surface area contributed by atoms with Gasteiger partial charge in [-0.15, -0.1) is 0 Å². The number of nitrogens with zero attached hydrogens (tertiary/aromatic N) is 1. The number of nitriles is 1. The van der Waals surface area contributed by atoms with Gasteiger partial charge in [-0.05, 0) is 28.1 Å². The normalized spacial score (nSPS) is 9.14. The van der Waals surface area contributed by atoms with E-state index in [0.29, 0.717) is 10.8 Å². The number of carboxylic acids is 1. The van der Waals surface area contributed by atoms with Crippen LogP contribution in [0.25, 0.3) is 0 Å². The lowest BCUT2D eigenvalue weighted by molar-refractivity contribution is 0.0696. The molecule has 4 nitrogen and oxygen atoms in total. The highest BCUT2D eigenvalue weighted by Crippen LogP contribution is 2.21. The molecule has 0 saturated carbocycles. The van der Waals surface area contributed by atoms with Gasteiger partial charge in [-0.3, -0.25) is 4.79 Å². The summed E-state index contributed by atoms with van der Waals surface area (Å²) in [7, 11) is 0. The molecule has 70 valence electrons. The summed E-state index contributed by atoms with van der Waals surface area (Å²) < 4.78 is 0.309. The Morgan fingerprint density at radius 1 is 1.57 bits per heavy atom. The minimum Gasteiger partial charge on any atom is -0.478 e. The number of carbonyl (C=O) groups is 2. The van der Waals surface area contributed by atoms with Gasteiger partial charge >= 0.3 is 5.97 Å². The molecule has 14 heavy (non-hydrogen) atoms. The summed E-state index contributed by atoms with van der Waals surface area (Å²) in [5.41, 5.74) is 0.184. The molecule has 0 amide bonds. The smallest absolute Gasteiger partial charge is 0.335 e. The highest BCUT2D eigenvalue weighted by molar-refractivity contribution is 9.10. The molecule has 0 aromatic heterocycles. The molecule has 0 saturated heterocycles. The molecule has 0 unspecified atom stereocenters. The van der Waals surface area contributed by atoms with Crippen LogP contribution in [0.2, 0.25) is 0 Å². The molecule has 1 aromatic rings. The predicted molar refractivity (Wildman–Crippen MR) is 51.2 cm³/mol. The first kappa shape index (κ1) is 10.4. The van der Waals surface area contributed by atoms with Crippen LogP contribution in [-0.4, -0.2) is 17.4 Å². The van der Waals surface area contributed by atoms with E-state index in [-0.39, 0.29) is 16.7 Å². The zero-order valence-electron chi connectivity index (χ0n) is 6.82. The molecule has 5 heteroatoms. The minimum atomic E-state index is -1.14. The van der Waals surface area contributed by atoms with Crippen LogP contribution in [0.4, 0.5) is 0 Å². The summed E-state index contributed by atoms with van der Waals surface area (Å²) in [5, 5.41) is 17.3. The third-order valence-corrected chi connectivity index (χ3v) is 2.27. The van der Waals surface area contributed by atoms with Crippen LogP contribution in [0.5, 0.6) is 0 Å². The lowest BCUT2D eigenvalue weighted by atomic mass is 10.1. The fraction of sp³-hybridized carbons (Fsp3) is 0. The van der Waals surface area contributed by atoms with E-state index in [4.69, 9.17) is 10.4 Å². The van der Waals surface area contributed by atoms with Crippen molar-refractivity contribution in [3.8, 4) is 6.07 Å². The molecule has 1 aromatic carbocycles. The predicted octanol–water partition coefficient (Wildman–Crippen LogP) is 1.83. The largest absolute Gasteiger partial charge is 0.478 e. The molecule has 0 aliphatic carbocycles. The Hall–Kier alpha value is -1.67. The van der Waals surface area contributed by atoms with Crippen LogP contribution in [0.3, 0.4) is 0 Å². The summed E-state index contributed by atoms with van der Waals surface area (Å²) >= 11 is 3.02. The highest BCUT2D eigenvalue weighted by Gasteiger charge is 2.11. The number of hydrogen-bond acceptors (Lipinski definition) is 3. The molecular formula is C9H4BrNO3. The van der Waals surface area contributed by atoms with Crippen molar-refractivity contribution in [2.75, 3.05) is 0 Å². The number of rotatable bonds is 2. The lowest BCUT2D eigenvalue weighted by Crippen LogP contribution is -2.00.